The number of hydrogen-bond acceptors (Lipinski definition) is 2. The Morgan fingerprint density at radius 1 is 0.826 bits per heavy atom. The average Bonchev–Trinajstić information content (AvgIpc) is 3.38. The molecule has 4 aromatic rings. The Hall–Kier alpha value is -3.13. The van der Waals surface area contributed by atoms with Crippen molar-refractivity contribution >= 4 is 50.5 Å². The van der Waals surface area contributed by atoms with Gasteiger partial charge in [0, 0.05) is 0 Å². The van der Waals surface area contributed by atoms with Gasteiger partial charge in [-0.2, -0.15) is 0 Å². The summed E-state index contributed by atoms with van der Waals surface area (Å²) in [5.74, 6) is 2.20. The second-order valence-electron chi connectivity index (χ2n) is 11.7. The summed E-state index contributed by atoms with van der Waals surface area (Å²) in [6.45, 7) is -3.77. The first-order valence-electron chi connectivity index (χ1n) is 14.5. The molecule has 0 aliphatic carbocycles. The summed E-state index contributed by atoms with van der Waals surface area (Å²) >= 11 is 9.29. The van der Waals surface area contributed by atoms with Crippen LogP contribution < -0.4 is 10.6 Å². The fourth-order valence-electron chi connectivity index (χ4n) is 7.18. The second-order valence-corrected chi connectivity index (χ2v) is 18.2. The van der Waals surface area contributed by atoms with E-state index in [0.29, 0.717) is 12.1 Å². The third kappa shape index (κ3) is 5.10. The fourth-order valence-corrected chi connectivity index (χ4v) is 15.7. The van der Waals surface area contributed by atoms with Gasteiger partial charge in [-0.15, -0.1) is 0 Å². The molecule has 0 fully saturated rings. The van der Waals surface area contributed by atoms with Crippen LogP contribution in [-0.4, -0.2) is 22.9 Å². The zero-order valence-corrected chi connectivity index (χ0v) is 27.4. The number of rotatable bonds is 6. The molecule has 0 spiro atoms. The van der Waals surface area contributed by atoms with Crippen LogP contribution in [0.1, 0.15) is 35.2 Å². The first-order chi connectivity index (χ1) is 21.8. The predicted octanol–water partition coefficient (Wildman–Crippen LogP) is 10.5. The fraction of sp³-hybridized carbons (Fsp3) is 0.229. The summed E-state index contributed by atoms with van der Waals surface area (Å²) in [5, 5.41) is 5.54. The molecule has 46 heavy (non-hydrogen) atoms. The van der Waals surface area contributed by atoms with Gasteiger partial charge >= 0.3 is 277 Å². The van der Waals surface area contributed by atoms with Crippen molar-refractivity contribution in [1.82, 2.24) is 0 Å². The average molecular weight is 739 g/mol. The van der Waals surface area contributed by atoms with Crippen LogP contribution in [0.25, 0.3) is 0 Å². The Balaban J connectivity index is 1.61. The molecule has 0 bridgehead atoms. The molecule has 240 valence electrons. The van der Waals surface area contributed by atoms with E-state index in [1.807, 2.05) is 91.0 Å². The molecule has 2 nitrogen and oxygen atoms in total. The maximum atomic E-state index is 15.3. The van der Waals surface area contributed by atoms with E-state index in [1.165, 1.54) is 0 Å². The predicted molar refractivity (Wildman–Crippen MR) is 177 cm³/mol. The van der Waals surface area contributed by atoms with Gasteiger partial charge in [-0.3, -0.25) is 0 Å². The monoisotopic (exact) mass is 737 g/mol. The molecular formula is C35H28BrClF6NOP. The molecule has 2 heterocycles. The van der Waals surface area contributed by atoms with Crippen LogP contribution in [-0.2, 0) is 16.6 Å². The zero-order valence-electron chi connectivity index (χ0n) is 24.1. The van der Waals surface area contributed by atoms with Gasteiger partial charge in [-0.05, 0) is 0 Å². The molecule has 3 atom stereocenters. The number of hydrogen-bond donors (Lipinski definition) is 0. The third-order valence-electron chi connectivity index (χ3n) is 9.22. The van der Waals surface area contributed by atoms with Crippen molar-refractivity contribution in [3.05, 3.63) is 143 Å². The molecular weight excluding hydrogens is 711 g/mol. The topological polar surface area (TPSA) is 21.6 Å². The molecule has 6 rings (SSSR count). The van der Waals surface area contributed by atoms with Crippen molar-refractivity contribution in [1.29, 1.82) is 0 Å². The summed E-state index contributed by atoms with van der Waals surface area (Å²) in [6, 6.07) is 31.3. The van der Waals surface area contributed by atoms with Gasteiger partial charge in [-0.25, -0.2) is 0 Å². The second kappa shape index (κ2) is 11.8. The van der Waals surface area contributed by atoms with Gasteiger partial charge in [0.2, 0.25) is 0 Å². The van der Waals surface area contributed by atoms with Crippen molar-refractivity contribution in [3.8, 4) is 0 Å². The van der Waals surface area contributed by atoms with Gasteiger partial charge < -0.3 is 0 Å². The van der Waals surface area contributed by atoms with E-state index in [1.54, 1.807) is 0 Å². The Kier molecular flexibility index (Phi) is 8.44. The quantitative estimate of drug-likeness (QED) is 0.110. The molecule has 0 saturated carbocycles. The van der Waals surface area contributed by atoms with Crippen LogP contribution >= 0.6 is 34.1 Å². The molecule has 2 aliphatic rings. The van der Waals surface area contributed by atoms with Crippen molar-refractivity contribution in [2.45, 2.75) is 41.3 Å². The van der Waals surface area contributed by atoms with Crippen LogP contribution in [0.3, 0.4) is 0 Å². The van der Waals surface area contributed by atoms with Crippen molar-refractivity contribution in [2.24, 2.45) is 5.16 Å². The molecule has 0 aromatic heterocycles. The normalized spacial score (nSPS) is 24.8. The maximum absolute atomic E-state index is 15.3. The van der Waals surface area contributed by atoms with Gasteiger partial charge in [-0.1, -0.05) is 0 Å². The number of nitrogens with zero attached hydrogens (tertiary/aromatic N) is 1. The van der Waals surface area contributed by atoms with E-state index in [4.69, 9.17) is 16.4 Å². The number of alkyl halides is 7. The zero-order chi connectivity index (χ0) is 32.8. The van der Waals surface area contributed by atoms with Crippen LogP contribution in [0.2, 0.25) is 5.02 Å². The molecule has 0 radical (unpaired) electrons. The van der Waals surface area contributed by atoms with Crippen LogP contribution in [0.15, 0.2) is 126 Å². The first kappa shape index (κ1) is 32.8. The number of benzene rings is 4. The molecule has 0 N–H and O–H groups in total. The molecule has 4 aromatic carbocycles. The van der Waals surface area contributed by atoms with Gasteiger partial charge in [0.05, 0.1) is 0 Å². The summed E-state index contributed by atoms with van der Waals surface area (Å²) in [5.41, 5.74) is -4.43. The van der Waals surface area contributed by atoms with Gasteiger partial charge in [0.25, 0.3) is 0 Å². The Bertz CT molecular complexity index is 1740. The third-order valence-corrected chi connectivity index (χ3v) is 17.5. The molecule has 3 unspecified atom stereocenters. The number of allylic oxidation sites excluding steroid dienone is 1. The minimum atomic E-state index is -5.18. The van der Waals surface area contributed by atoms with E-state index < -0.39 is 45.5 Å². The summed E-state index contributed by atoms with van der Waals surface area (Å²) < 4.78 is 87.2. The van der Waals surface area contributed by atoms with Crippen molar-refractivity contribution in [3.63, 3.8) is 0 Å². The Morgan fingerprint density at radius 2 is 1.39 bits per heavy atom. The van der Waals surface area contributed by atoms with Gasteiger partial charge in [0.15, 0.2) is 0 Å². The van der Waals surface area contributed by atoms with E-state index in [0.717, 1.165) is 35.1 Å². The van der Waals surface area contributed by atoms with Crippen molar-refractivity contribution in [2.75, 3.05) is 6.16 Å². The van der Waals surface area contributed by atoms with E-state index >= 15 is 13.2 Å². The van der Waals surface area contributed by atoms with Gasteiger partial charge in [0.1, 0.15) is 0 Å². The van der Waals surface area contributed by atoms with E-state index in [2.05, 4.69) is 33.0 Å². The van der Waals surface area contributed by atoms with Crippen LogP contribution in [0, 0.1) is 0 Å². The molecule has 11 heteroatoms. The summed E-state index contributed by atoms with van der Waals surface area (Å²) in [6.07, 6.45) is -6.49. The standard InChI is InChI=1S/C35H28BrClF6NOP/c36-32-30(44-45-33(32,35(41,42)43)25-20-26(34(38,39)40)22-27(37)21-25)23-46(28-14-6-2-7-15-28,29-16-8-3-9-17-29)19-11-10-18-31(46)24-12-4-1-5-13-24/h1-9,11-17,19-22,31-32H,10,18,23H2. The summed E-state index contributed by atoms with van der Waals surface area (Å²) in [4.78, 5) is 3.70. The minimum absolute atomic E-state index is 0.0451. The van der Waals surface area contributed by atoms with Crippen molar-refractivity contribution < 1.29 is 31.2 Å². The van der Waals surface area contributed by atoms with E-state index in [-0.39, 0.29) is 17.5 Å². The van der Waals surface area contributed by atoms with Crippen LogP contribution in [0.4, 0.5) is 26.3 Å². The first-order valence-corrected chi connectivity index (χ1v) is 18.4. The molecule has 0 saturated heterocycles. The Morgan fingerprint density at radius 3 is 1.93 bits per heavy atom. The number of oxime groups is 1. The molecule has 0 amide bonds. The van der Waals surface area contributed by atoms with E-state index in [9.17, 15) is 13.2 Å². The molecule has 2 aliphatic heterocycles. The Labute approximate surface area is 276 Å². The number of halogens is 8. The summed E-state index contributed by atoms with van der Waals surface area (Å²) in [7, 11) is 0. The SMILES string of the molecule is FC(F)(F)c1cc(Cl)cc(C2(C(F)(F)F)ON=C(CP3(c4ccccc4)(c4ccccc4)C=CCCC3c3ccccc3)C2Br)c1. The van der Waals surface area contributed by atoms with Crippen LogP contribution in [0.5, 0.6) is 0 Å².